The summed E-state index contributed by atoms with van der Waals surface area (Å²) in [7, 11) is 0. The summed E-state index contributed by atoms with van der Waals surface area (Å²) in [5.74, 6) is 0. The van der Waals surface area contributed by atoms with Crippen LogP contribution in [0.3, 0.4) is 0 Å². The van der Waals surface area contributed by atoms with Gasteiger partial charge in [0.15, 0.2) is 0 Å². The van der Waals surface area contributed by atoms with Crippen LogP contribution in [0, 0.1) is 0 Å². The van der Waals surface area contributed by atoms with Crippen molar-refractivity contribution in [1.82, 2.24) is 4.57 Å². The van der Waals surface area contributed by atoms with E-state index in [1.54, 1.807) is 0 Å². The monoisotopic (exact) mass is 528 g/mol. The standard InChI is InChI=1S/C36H20N2OS/c1-5-14-30-22(8-1)26-20-21(16-18-31(26)39-30)37-27-11-3-4-12-28(27)38-35-23(10-7-13-29(35)37)24-17-19-33-34(36(24)38)25-9-2-6-15-32(25)40-33/h1-20H. The summed E-state index contributed by atoms with van der Waals surface area (Å²) in [6.07, 6.45) is 0. The van der Waals surface area contributed by atoms with Gasteiger partial charge in [0, 0.05) is 47.4 Å². The van der Waals surface area contributed by atoms with Crippen LogP contribution in [0.1, 0.15) is 0 Å². The second kappa shape index (κ2) is 7.32. The first-order chi connectivity index (χ1) is 19.8. The molecule has 0 amide bonds. The average Bonchev–Trinajstić information content (AvgIpc) is 3.67. The van der Waals surface area contributed by atoms with E-state index in [9.17, 15) is 0 Å². The van der Waals surface area contributed by atoms with Crippen molar-refractivity contribution in [3.63, 3.8) is 0 Å². The van der Waals surface area contributed by atoms with Crippen LogP contribution in [-0.2, 0) is 0 Å². The molecule has 0 aliphatic carbocycles. The summed E-state index contributed by atoms with van der Waals surface area (Å²) in [4.78, 5) is 2.42. The Hall–Kier alpha value is -5.06. The number of furan rings is 1. The van der Waals surface area contributed by atoms with Gasteiger partial charge >= 0.3 is 0 Å². The van der Waals surface area contributed by atoms with Crippen molar-refractivity contribution in [3.8, 4) is 5.69 Å². The molecule has 0 bridgehead atoms. The van der Waals surface area contributed by atoms with Crippen LogP contribution in [0.15, 0.2) is 126 Å². The highest BCUT2D eigenvalue weighted by Gasteiger charge is 2.29. The fraction of sp³-hybridized carbons (Fsp3) is 0. The molecule has 3 nitrogen and oxygen atoms in total. The number of aromatic nitrogens is 1. The smallest absolute Gasteiger partial charge is 0.135 e. The van der Waals surface area contributed by atoms with Crippen LogP contribution in [0.4, 0.5) is 17.1 Å². The third-order valence-electron chi connectivity index (χ3n) is 8.49. The number of anilines is 3. The SMILES string of the molecule is c1ccc2c(c1)N(c1ccc3oc4ccccc4c3c1)c1cccc3c4ccc5sc6ccccc6c5c4n-2c13. The van der Waals surface area contributed by atoms with Crippen LogP contribution in [0.25, 0.3) is 69.6 Å². The average molecular weight is 529 g/mol. The predicted molar refractivity (Wildman–Crippen MR) is 169 cm³/mol. The van der Waals surface area contributed by atoms with Gasteiger partial charge in [-0.1, -0.05) is 66.7 Å². The quantitative estimate of drug-likeness (QED) is 0.211. The molecular weight excluding hydrogens is 508 g/mol. The van der Waals surface area contributed by atoms with Gasteiger partial charge in [0.2, 0.25) is 0 Å². The molecule has 4 heterocycles. The number of benzene rings is 6. The van der Waals surface area contributed by atoms with Crippen LogP contribution in [0.5, 0.6) is 0 Å². The lowest BCUT2D eigenvalue weighted by Crippen LogP contribution is -2.18. The van der Waals surface area contributed by atoms with Crippen molar-refractivity contribution in [2.45, 2.75) is 0 Å². The van der Waals surface area contributed by atoms with Gasteiger partial charge in [0.1, 0.15) is 11.2 Å². The Morgan fingerprint density at radius 1 is 0.475 bits per heavy atom. The van der Waals surface area contributed by atoms with Crippen LogP contribution in [0.2, 0.25) is 0 Å². The Bertz CT molecular complexity index is 2510. The summed E-state index contributed by atoms with van der Waals surface area (Å²) >= 11 is 1.88. The van der Waals surface area contributed by atoms with Gasteiger partial charge in [-0.25, -0.2) is 0 Å². The fourth-order valence-corrected chi connectivity index (χ4v) is 7.98. The van der Waals surface area contributed by atoms with E-state index in [1.807, 2.05) is 23.5 Å². The van der Waals surface area contributed by atoms with E-state index < -0.39 is 0 Å². The number of rotatable bonds is 1. The molecule has 0 fully saturated rings. The molecule has 0 N–H and O–H groups in total. The maximum absolute atomic E-state index is 6.16. The largest absolute Gasteiger partial charge is 0.456 e. The van der Waals surface area contributed by atoms with Crippen molar-refractivity contribution in [1.29, 1.82) is 0 Å². The fourth-order valence-electron chi connectivity index (χ4n) is 6.87. The molecule has 0 radical (unpaired) electrons. The van der Waals surface area contributed by atoms with Gasteiger partial charge in [-0.2, -0.15) is 0 Å². The van der Waals surface area contributed by atoms with Crippen molar-refractivity contribution in [2.24, 2.45) is 0 Å². The Balaban J connectivity index is 1.37. The van der Waals surface area contributed by atoms with Crippen molar-refractivity contribution in [2.75, 3.05) is 4.90 Å². The highest BCUT2D eigenvalue weighted by molar-refractivity contribution is 7.26. The van der Waals surface area contributed by atoms with Gasteiger partial charge in [0.25, 0.3) is 0 Å². The molecule has 40 heavy (non-hydrogen) atoms. The van der Waals surface area contributed by atoms with Gasteiger partial charge in [-0.05, 0) is 54.6 Å². The van der Waals surface area contributed by atoms with E-state index in [4.69, 9.17) is 4.42 Å². The van der Waals surface area contributed by atoms with Crippen molar-refractivity contribution in [3.05, 3.63) is 121 Å². The molecule has 6 aromatic carbocycles. The molecule has 9 aromatic rings. The first-order valence-electron chi connectivity index (χ1n) is 13.5. The molecular formula is C36H20N2OS. The maximum Gasteiger partial charge on any atom is 0.135 e. The van der Waals surface area contributed by atoms with E-state index in [-0.39, 0.29) is 0 Å². The highest BCUT2D eigenvalue weighted by Crippen LogP contribution is 2.52. The van der Waals surface area contributed by atoms with E-state index in [1.165, 1.54) is 59.0 Å². The molecule has 0 unspecified atom stereocenters. The Kier molecular flexibility index (Phi) is 3.81. The van der Waals surface area contributed by atoms with Gasteiger partial charge in [0.05, 0.1) is 28.1 Å². The number of hydrogen-bond donors (Lipinski definition) is 0. The molecule has 0 spiro atoms. The third kappa shape index (κ3) is 2.50. The van der Waals surface area contributed by atoms with Gasteiger partial charge < -0.3 is 13.9 Å². The number of para-hydroxylation sites is 4. The van der Waals surface area contributed by atoms with Crippen molar-refractivity contribution < 1.29 is 4.42 Å². The van der Waals surface area contributed by atoms with Crippen molar-refractivity contribution >= 4 is 92.3 Å². The topological polar surface area (TPSA) is 21.3 Å². The van der Waals surface area contributed by atoms with Crippen LogP contribution >= 0.6 is 11.3 Å². The highest BCUT2D eigenvalue weighted by atomic mass is 32.1. The van der Waals surface area contributed by atoms with Gasteiger partial charge in [-0.15, -0.1) is 11.3 Å². The summed E-state index contributed by atoms with van der Waals surface area (Å²) in [5, 5.41) is 7.51. The second-order valence-electron chi connectivity index (χ2n) is 10.5. The molecule has 3 aromatic heterocycles. The van der Waals surface area contributed by atoms with Crippen LogP contribution < -0.4 is 4.90 Å². The predicted octanol–water partition coefficient (Wildman–Crippen LogP) is 10.8. The summed E-state index contributed by atoms with van der Waals surface area (Å²) in [6.45, 7) is 0. The number of nitrogens with zero attached hydrogens (tertiary/aromatic N) is 2. The minimum Gasteiger partial charge on any atom is -0.456 e. The first kappa shape index (κ1) is 20.8. The molecule has 0 atom stereocenters. The lowest BCUT2D eigenvalue weighted by molar-refractivity contribution is 0.669. The molecule has 0 saturated heterocycles. The Labute approximate surface area is 232 Å². The second-order valence-corrected chi connectivity index (χ2v) is 11.6. The lowest BCUT2D eigenvalue weighted by Gasteiger charge is -2.33. The Morgan fingerprint density at radius 3 is 2.15 bits per heavy atom. The summed E-state index contributed by atoms with van der Waals surface area (Å²) in [6, 6.07) is 43.8. The Morgan fingerprint density at radius 2 is 1.20 bits per heavy atom. The molecule has 1 aliphatic heterocycles. The van der Waals surface area contributed by atoms with E-state index in [2.05, 4.69) is 119 Å². The number of thiophene rings is 1. The summed E-state index contributed by atoms with van der Waals surface area (Å²) in [5.41, 5.74) is 9.05. The van der Waals surface area contributed by atoms with Crippen LogP contribution in [-0.4, -0.2) is 4.57 Å². The maximum atomic E-state index is 6.16. The van der Waals surface area contributed by atoms with E-state index in [0.717, 1.165) is 27.6 Å². The zero-order valence-corrected chi connectivity index (χ0v) is 22.1. The minimum atomic E-state index is 0.911. The van der Waals surface area contributed by atoms with E-state index in [0.29, 0.717) is 0 Å². The normalized spacial score (nSPS) is 12.9. The molecule has 10 rings (SSSR count). The third-order valence-corrected chi connectivity index (χ3v) is 9.63. The molecule has 186 valence electrons. The molecule has 4 heteroatoms. The zero-order valence-electron chi connectivity index (χ0n) is 21.3. The minimum absolute atomic E-state index is 0.911. The first-order valence-corrected chi connectivity index (χ1v) is 14.3. The summed E-state index contributed by atoms with van der Waals surface area (Å²) < 4.78 is 11.3. The molecule has 0 saturated carbocycles. The molecule has 1 aliphatic rings. The lowest BCUT2D eigenvalue weighted by atomic mass is 10.1. The zero-order chi connectivity index (χ0) is 25.9. The van der Waals surface area contributed by atoms with Gasteiger partial charge in [-0.3, -0.25) is 0 Å². The number of hydrogen-bond acceptors (Lipinski definition) is 3. The number of fused-ring (bicyclic) bond motifs is 12. The van der Waals surface area contributed by atoms with E-state index >= 15 is 0 Å².